The van der Waals surface area contributed by atoms with Gasteiger partial charge in [0.25, 0.3) is 5.56 Å². The van der Waals surface area contributed by atoms with Crippen LogP contribution < -0.4 is 10.3 Å². The number of ether oxygens (including phenoxy) is 1. The number of aryl methyl sites for hydroxylation is 1. The van der Waals surface area contributed by atoms with Crippen molar-refractivity contribution in [2.45, 2.75) is 39.7 Å². The summed E-state index contributed by atoms with van der Waals surface area (Å²) < 4.78 is 33.9. The first kappa shape index (κ1) is 25.7. The molecule has 0 fully saturated rings. The van der Waals surface area contributed by atoms with Crippen LogP contribution in [0.4, 0.5) is 8.78 Å². The Hall–Kier alpha value is -3.36. The predicted molar refractivity (Wildman–Crippen MR) is 135 cm³/mol. The minimum Gasteiger partial charge on any atom is -0.471 e. The zero-order valence-electron chi connectivity index (χ0n) is 19.9. The molecule has 0 unspecified atom stereocenters. The molecule has 0 aliphatic carbocycles. The lowest BCUT2D eigenvalue weighted by molar-refractivity contribution is 0.285. The maximum Gasteiger partial charge on any atom is 0.280 e. The Morgan fingerprint density at radius 3 is 2.47 bits per heavy atom. The molecule has 0 radical (unpaired) electrons. The smallest absolute Gasteiger partial charge is 0.280 e. The number of halogens is 4. The van der Waals surface area contributed by atoms with Crippen molar-refractivity contribution in [3.8, 4) is 22.8 Å². The number of hydrogen-bond donors (Lipinski definition) is 0. The number of nitrogens with zero attached hydrogens (tertiary/aromatic N) is 4. The summed E-state index contributed by atoms with van der Waals surface area (Å²) in [5.41, 5.74) is 0.971. The van der Waals surface area contributed by atoms with Gasteiger partial charge in [0.05, 0.1) is 16.4 Å². The molecule has 0 aliphatic rings. The standard InChI is InChI=1S/C26H22Cl2F2N4O2/c1-14-32-23(36-13-16-5-7-17(29)12-19(16)30)22(28)24(35)34(14)21-11-15(6-8-18(21)27)20-9-10-31-25(33-20)26(2,3)4/h5-12H,13H2,1-4H3. The third-order valence-electron chi connectivity index (χ3n) is 5.35. The molecule has 2 aromatic heterocycles. The average molecular weight is 531 g/mol. The van der Waals surface area contributed by atoms with Crippen molar-refractivity contribution < 1.29 is 13.5 Å². The maximum atomic E-state index is 13.9. The lowest BCUT2D eigenvalue weighted by Gasteiger charge is -2.18. The van der Waals surface area contributed by atoms with Gasteiger partial charge in [-0.2, -0.15) is 4.98 Å². The van der Waals surface area contributed by atoms with E-state index in [1.165, 1.54) is 10.6 Å². The molecule has 0 amide bonds. The molecule has 36 heavy (non-hydrogen) atoms. The SMILES string of the molecule is Cc1nc(OCc2ccc(F)cc2F)c(Cl)c(=O)n1-c1cc(-c2ccnc(C(C)(C)C)n2)ccc1Cl. The molecule has 0 aliphatic heterocycles. The van der Waals surface area contributed by atoms with Gasteiger partial charge in [-0.05, 0) is 37.3 Å². The molecule has 0 spiro atoms. The fourth-order valence-electron chi connectivity index (χ4n) is 3.47. The quantitative estimate of drug-likeness (QED) is 0.296. The van der Waals surface area contributed by atoms with Gasteiger partial charge in [0.1, 0.15) is 29.9 Å². The van der Waals surface area contributed by atoms with Crippen molar-refractivity contribution in [2.75, 3.05) is 0 Å². The molecule has 2 aromatic carbocycles. The van der Waals surface area contributed by atoms with Gasteiger partial charge in [-0.15, -0.1) is 0 Å². The van der Waals surface area contributed by atoms with Crippen molar-refractivity contribution in [3.63, 3.8) is 0 Å². The second-order valence-electron chi connectivity index (χ2n) is 9.12. The summed E-state index contributed by atoms with van der Waals surface area (Å²) in [7, 11) is 0. The third kappa shape index (κ3) is 5.24. The van der Waals surface area contributed by atoms with Gasteiger partial charge >= 0.3 is 0 Å². The molecular weight excluding hydrogens is 509 g/mol. The van der Waals surface area contributed by atoms with Gasteiger partial charge in [-0.25, -0.2) is 18.7 Å². The highest BCUT2D eigenvalue weighted by atomic mass is 35.5. The van der Waals surface area contributed by atoms with Gasteiger partial charge in [0, 0.05) is 28.8 Å². The summed E-state index contributed by atoms with van der Waals surface area (Å²) >= 11 is 12.8. The normalized spacial score (nSPS) is 11.6. The van der Waals surface area contributed by atoms with Crippen LogP contribution in [0.15, 0.2) is 53.5 Å². The van der Waals surface area contributed by atoms with Crippen LogP contribution in [0.25, 0.3) is 16.9 Å². The van der Waals surface area contributed by atoms with E-state index in [2.05, 4.69) is 15.0 Å². The summed E-state index contributed by atoms with van der Waals surface area (Å²) in [5.74, 6) is -0.734. The zero-order valence-corrected chi connectivity index (χ0v) is 21.5. The number of aromatic nitrogens is 4. The highest BCUT2D eigenvalue weighted by Gasteiger charge is 2.20. The number of benzene rings is 2. The van der Waals surface area contributed by atoms with Crippen LogP contribution in [-0.2, 0) is 12.0 Å². The van der Waals surface area contributed by atoms with Crippen LogP contribution in [0.2, 0.25) is 10.0 Å². The zero-order chi connectivity index (χ0) is 26.2. The maximum absolute atomic E-state index is 13.9. The fraction of sp³-hybridized carbons (Fsp3) is 0.231. The van der Waals surface area contributed by atoms with E-state index in [0.29, 0.717) is 22.2 Å². The number of rotatable bonds is 5. The molecule has 186 valence electrons. The Morgan fingerprint density at radius 1 is 1.03 bits per heavy atom. The van der Waals surface area contributed by atoms with Crippen molar-refractivity contribution >= 4 is 23.2 Å². The molecular formula is C26H22Cl2F2N4O2. The first-order valence-corrected chi connectivity index (χ1v) is 11.7. The van der Waals surface area contributed by atoms with Crippen LogP contribution in [0.1, 0.15) is 38.0 Å². The Bertz CT molecular complexity index is 1520. The Kier molecular flexibility index (Phi) is 7.11. The molecule has 0 saturated heterocycles. The van der Waals surface area contributed by atoms with Crippen LogP contribution in [0.3, 0.4) is 0 Å². The van der Waals surface area contributed by atoms with E-state index in [9.17, 15) is 13.6 Å². The molecule has 0 N–H and O–H groups in total. The lowest BCUT2D eigenvalue weighted by atomic mass is 9.95. The summed E-state index contributed by atoms with van der Waals surface area (Å²) in [6.45, 7) is 7.36. The van der Waals surface area contributed by atoms with Crippen molar-refractivity contribution in [1.82, 2.24) is 19.5 Å². The van der Waals surface area contributed by atoms with Gasteiger partial charge in [-0.3, -0.25) is 9.36 Å². The predicted octanol–water partition coefficient (Wildman–Crippen LogP) is 6.46. The fourth-order valence-corrected chi connectivity index (χ4v) is 3.85. The summed E-state index contributed by atoms with van der Waals surface area (Å²) in [6, 6.07) is 10.0. The van der Waals surface area contributed by atoms with Crippen LogP contribution in [0.5, 0.6) is 5.88 Å². The van der Waals surface area contributed by atoms with E-state index in [1.807, 2.05) is 20.8 Å². The second kappa shape index (κ2) is 9.95. The topological polar surface area (TPSA) is 69.9 Å². The average Bonchev–Trinajstić information content (AvgIpc) is 2.82. The minimum absolute atomic E-state index is 0.0892. The molecule has 2 heterocycles. The summed E-state index contributed by atoms with van der Waals surface area (Å²) in [4.78, 5) is 26.5. The van der Waals surface area contributed by atoms with Crippen molar-refractivity contribution in [1.29, 1.82) is 0 Å². The van der Waals surface area contributed by atoms with Crippen molar-refractivity contribution in [2.24, 2.45) is 0 Å². The largest absolute Gasteiger partial charge is 0.471 e. The van der Waals surface area contributed by atoms with E-state index in [-0.39, 0.29) is 34.3 Å². The Morgan fingerprint density at radius 2 is 1.78 bits per heavy atom. The first-order chi connectivity index (χ1) is 17.0. The third-order valence-corrected chi connectivity index (χ3v) is 6.00. The molecule has 0 atom stereocenters. The molecule has 4 aromatic rings. The summed E-state index contributed by atoms with van der Waals surface area (Å²) in [5, 5.41) is -0.00406. The second-order valence-corrected chi connectivity index (χ2v) is 9.91. The van der Waals surface area contributed by atoms with Crippen molar-refractivity contribution in [3.05, 3.63) is 97.9 Å². The van der Waals surface area contributed by atoms with E-state index < -0.39 is 17.2 Å². The molecule has 0 bridgehead atoms. The lowest BCUT2D eigenvalue weighted by Crippen LogP contribution is -2.24. The van der Waals surface area contributed by atoms with Crippen LogP contribution in [0, 0.1) is 18.6 Å². The Labute approximate surface area is 216 Å². The minimum atomic E-state index is -0.779. The van der Waals surface area contributed by atoms with E-state index in [4.69, 9.17) is 27.9 Å². The first-order valence-electron chi connectivity index (χ1n) is 11.0. The highest BCUT2D eigenvalue weighted by Crippen LogP contribution is 2.29. The van der Waals surface area contributed by atoms with E-state index in [1.54, 1.807) is 37.4 Å². The monoisotopic (exact) mass is 530 g/mol. The van der Waals surface area contributed by atoms with Gasteiger partial charge in [0.15, 0.2) is 5.02 Å². The van der Waals surface area contributed by atoms with Crippen LogP contribution >= 0.6 is 23.2 Å². The van der Waals surface area contributed by atoms with E-state index >= 15 is 0 Å². The number of hydrogen-bond acceptors (Lipinski definition) is 5. The van der Waals surface area contributed by atoms with Gasteiger partial charge in [0.2, 0.25) is 5.88 Å². The highest BCUT2D eigenvalue weighted by molar-refractivity contribution is 6.33. The molecule has 0 saturated carbocycles. The van der Waals surface area contributed by atoms with Crippen LogP contribution in [-0.4, -0.2) is 19.5 Å². The summed E-state index contributed by atoms with van der Waals surface area (Å²) in [6.07, 6.45) is 1.68. The molecule has 6 nitrogen and oxygen atoms in total. The van der Waals surface area contributed by atoms with Gasteiger partial charge in [-0.1, -0.05) is 50.0 Å². The molecule has 4 rings (SSSR count). The van der Waals surface area contributed by atoms with E-state index in [0.717, 1.165) is 17.7 Å². The molecule has 10 heteroatoms. The van der Waals surface area contributed by atoms with Gasteiger partial charge < -0.3 is 4.74 Å². The Balaban J connectivity index is 1.72.